The van der Waals surface area contributed by atoms with E-state index in [1.807, 2.05) is 12.1 Å². The van der Waals surface area contributed by atoms with Gasteiger partial charge in [0.25, 0.3) is 0 Å². The van der Waals surface area contributed by atoms with Gasteiger partial charge >= 0.3 is 0 Å². The summed E-state index contributed by atoms with van der Waals surface area (Å²) in [6, 6.07) is 10.3. The third-order valence-corrected chi connectivity index (χ3v) is 4.66. The Morgan fingerprint density at radius 3 is 2.73 bits per heavy atom. The smallest absolute Gasteiger partial charge is 0.237 e. The molecule has 8 nitrogen and oxygen atoms in total. The number of fused-ring (bicyclic) bond motifs is 1. The van der Waals surface area contributed by atoms with Crippen LogP contribution in [-0.4, -0.2) is 22.9 Å². The number of hydrogen-bond donors (Lipinski definition) is 2. The fourth-order valence-electron chi connectivity index (χ4n) is 2.21. The number of benzene rings is 1. The summed E-state index contributed by atoms with van der Waals surface area (Å²) < 4.78 is 10.5. The topological polar surface area (TPSA) is 134 Å². The minimum Gasteiger partial charge on any atom is -0.454 e. The van der Waals surface area contributed by atoms with Crippen LogP contribution in [0, 0.1) is 22.7 Å². The molecule has 130 valence electrons. The molecular formula is C17H13N5O3S. The second kappa shape index (κ2) is 7.21. The Morgan fingerprint density at radius 2 is 2.00 bits per heavy atom. The molecule has 1 aliphatic rings. The fourth-order valence-corrected chi connectivity index (χ4v) is 3.09. The third kappa shape index (κ3) is 3.48. The lowest BCUT2D eigenvalue weighted by Gasteiger charge is -2.13. The van der Waals surface area contributed by atoms with E-state index in [2.05, 4.69) is 10.3 Å². The molecule has 0 bridgehead atoms. The van der Waals surface area contributed by atoms with Gasteiger partial charge in [-0.15, -0.1) is 0 Å². The second-order valence-corrected chi connectivity index (χ2v) is 6.64. The predicted molar refractivity (Wildman–Crippen MR) is 94.6 cm³/mol. The Hall–Kier alpha value is -3.43. The maximum atomic E-state index is 12.4. The Bertz CT molecular complexity index is 964. The van der Waals surface area contributed by atoms with E-state index in [9.17, 15) is 10.1 Å². The number of carbonyl (C=O) groups excluding carboxylic acids is 1. The number of hydrogen-bond acceptors (Lipinski definition) is 8. The largest absolute Gasteiger partial charge is 0.454 e. The van der Waals surface area contributed by atoms with Gasteiger partial charge in [-0.3, -0.25) is 4.79 Å². The minimum atomic E-state index is -0.549. The summed E-state index contributed by atoms with van der Waals surface area (Å²) in [6.07, 6.45) is 0. The SMILES string of the molecule is C[C@H](Sc1nc(N)c(C#N)cc1C#N)C(=O)Nc1ccc2c(c1)OCO2. The van der Waals surface area contributed by atoms with Crippen molar-refractivity contribution < 1.29 is 14.3 Å². The summed E-state index contributed by atoms with van der Waals surface area (Å²) in [6.45, 7) is 1.84. The summed E-state index contributed by atoms with van der Waals surface area (Å²) in [5.74, 6) is 0.942. The standard InChI is InChI=1S/C17H13N5O3S/c1-9(26-17-11(7-19)4-10(6-18)15(20)22-17)16(23)21-12-2-3-13-14(5-12)25-8-24-13/h2-5,9H,8H2,1H3,(H2,20,22)(H,21,23)/t9-/m0/s1. The summed E-state index contributed by atoms with van der Waals surface area (Å²) in [5, 5.41) is 20.7. The third-order valence-electron chi connectivity index (χ3n) is 3.56. The van der Waals surface area contributed by atoms with Gasteiger partial charge in [0.05, 0.1) is 16.4 Å². The van der Waals surface area contributed by atoms with Gasteiger partial charge in [-0.05, 0) is 25.1 Å². The van der Waals surface area contributed by atoms with E-state index in [-0.39, 0.29) is 29.6 Å². The van der Waals surface area contributed by atoms with Gasteiger partial charge < -0.3 is 20.5 Å². The number of ether oxygens (including phenoxy) is 2. The molecule has 0 spiro atoms. The van der Waals surface area contributed by atoms with Gasteiger partial charge in [-0.2, -0.15) is 10.5 Å². The fraction of sp³-hybridized carbons (Fsp3) is 0.176. The minimum absolute atomic E-state index is 0.0254. The number of nitrogens with zero attached hydrogens (tertiary/aromatic N) is 3. The van der Waals surface area contributed by atoms with Gasteiger partial charge in [-0.25, -0.2) is 4.98 Å². The van der Waals surface area contributed by atoms with E-state index in [4.69, 9.17) is 20.5 Å². The molecule has 26 heavy (non-hydrogen) atoms. The predicted octanol–water partition coefficient (Wildman–Crippen LogP) is 2.26. The molecule has 2 heterocycles. The summed E-state index contributed by atoms with van der Waals surface area (Å²) in [7, 11) is 0. The number of nitrogens with one attached hydrogen (secondary N) is 1. The van der Waals surface area contributed by atoms with Crippen LogP contribution in [0.2, 0.25) is 0 Å². The van der Waals surface area contributed by atoms with E-state index in [1.54, 1.807) is 25.1 Å². The average Bonchev–Trinajstić information content (AvgIpc) is 3.09. The van der Waals surface area contributed by atoms with Crippen molar-refractivity contribution in [1.29, 1.82) is 10.5 Å². The molecule has 9 heteroatoms. The maximum Gasteiger partial charge on any atom is 0.237 e. The zero-order valence-electron chi connectivity index (χ0n) is 13.6. The van der Waals surface area contributed by atoms with E-state index >= 15 is 0 Å². The highest BCUT2D eigenvalue weighted by Gasteiger charge is 2.20. The first-order valence-electron chi connectivity index (χ1n) is 7.49. The Labute approximate surface area is 153 Å². The molecular weight excluding hydrogens is 354 g/mol. The van der Waals surface area contributed by atoms with Crippen molar-refractivity contribution in [3.8, 4) is 23.6 Å². The lowest BCUT2D eigenvalue weighted by atomic mass is 10.2. The molecule has 1 aromatic carbocycles. The number of pyridine rings is 1. The normalized spacial score (nSPS) is 12.7. The van der Waals surface area contributed by atoms with Crippen molar-refractivity contribution in [3.63, 3.8) is 0 Å². The van der Waals surface area contributed by atoms with Crippen molar-refractivity contribution in [2.75, 3.05) is 17.8 Å². The number of aromatic nitrogens is 1. The number of nitriles is 2. The molecule has 0 saturated heterocycles. The molecule has 0 unspecified atom stereocenters. The first kappa shape index (κ1) is 17.4. The molecule has 3 N–H and O–H groups in total. The first-order chi connectivity index (χ1) is 12.5. The number of amides is 1. The Kier molecular flexibility index (Phi) is 4.83. The quantitative estimate of drug-likeness (QED) is 0.786. The lowest BCUT2D eigenvalue weighted by Crippen LogP contribution is -2.22. The van der Waals surface area contributed by atoms with E-state index in [1.165, 1.54) is 6.07 Å². The summed E-state index contributed by atoms with van der Waals surface area (Å²) in [4.78, 5) is 16.5. The molecule has 0 aliphatic carbocycles. The molecule has 2 aromatic rings. The molecule has 0 radical (unpaired) electrons. The number of thioether (sulfide) groups is 1. The summed E-state index contributed by atoms with van der Waals surface area (Å²) >= 11 is 1.09. The van der Waals surface area contributed by atoms with Crippen LogP contribution in [-0.2, 0) is 4.79 Å². The number of nitrogen functional groups attached to an aromatic ring is 1. The van der Waals surface area contributed by atoms with Gasteiger partial charge in [0.1, 0.15) is 23.0 Å². The van der Waals surface area contributed by atoms with Crippen LogP contribution in [0.25, 0.3) is 0 Å². The van der Waals surface area contributed by atoms with Crippen molar-refractivity contribution in [3.05, 3.63) is 35.4 Å². The van der Waals surface area contributed by atoms with E-state index in [0.717, 1.165) is 11.8 Å². The van der Waals surface area contributed by atoms with Gasteiger partial charge in [0, 0.05) is 11.8 Å². The van der Waals surface area contributed by atoms with Crippen molar-refractivity contribution in [2.45, 2.75) is 17.2 Å². The number of nitrogens with two attached hydrogens (primary N) is 1. The molecule has 3 rings (SSSR count). The second-order valence-electron chi connectivity index (χ2n) is 5.31. The summed E-state index contributed by atoms with van der Waals surface area (Å²) in [5.41, 5.74) is 6.60. The van der Waals surface area contributed by atoms with Crippen LogP contribution in [0.1, 0.15) is 18.1 Å². The van der Waals surface area contributed by atoms with Gasteiger partial charge in [0.15, 0.2) is 11.5 Å². The zero-order valence-corrected chi connectivity index (χ0v) is 14.5. The first-order valence-corrected chi connectivity index (χ1v) is 8.37. The van der Waals surface area contributed by atoms with Gasteiger partial charge in [-0.1, -0.05) is 11.8 Å². The van der Waals surface area contributed by atoms with Gasteiger partial charge in [0.2, 0.25) is 12.7 Å². The number of anilines is 2. The molecule has 1 aromatic heterocycles. The van der Waals surface area contributed by atoms with Crippen LogP contribution < -0.4 is 20.5 Å². The maximum absolute atomic E-state index is 12.4. The van der Waals surface area contributed by atoms with Crippen LogP contribution >= 0.6 is 11.8 Å². The van der Waals surface area contributed by atoms with Crippen LogP contribution in [0.3, 0.4) is 0 Å². The average molecular weight is 367 g/mol. The van der Waals surface area contributed by atoms with Crippen LogP contribution in [0.5, 0.6) is 11.5 Å². The van der Waals surface area contributed by atoms with Crippen molar-refractivity contribution in [1.82, 2.24) is 4.98 Å². The highest BCUT2D eigenvalue weighted by atomic mass is 32.2. The van der Waals surface area contributed by atoms with E-state index < -0.39 is 5.25 Å². The van der Waals surface area contributed by atoms with Crippen LogP contribution in [0.15, 0.2) is 29.3 Å². The zero-order chi connectivity index (χ0) is 18.7. The monoisotopic (exact) mass is 367 g/mol. The highest BCUT2D eigenvalue weighted by Crippen LogP contribution is 2.34. The number of rotatable bonds is 4. The molecule has 0 fully saturated rings. The molecule has 1 atom stereocenters. The van der Waals surface area contributed by atoms with E-state index in [0.29, 0.717) is 22.2 Å². The number of carbonyl (C=O) groups is 1. The molecule has 0 saturated carbocycles. The highest BCUT2D eigenvalue weighted by molar-refractivity contribution is 8.00. The Morgan fingerprint density at radius 1 is 1.27 bits per heavy atom. The molecule has 1 amide bonds. The lowest BCUT2D eigenvalue weighted by molar-refractivity contribution is -0.115. The van der Waals surface area contributed by atoms with Crippen LogP contribution in [0.4, 0.5) is 11.5 Å². The van der Waals surface area contributed by atoms with Crippen molar-refractivity contribution >= 4 is 29.2 Å². The Balaban J connectivity index is 1.73. The van der Waals surface area contributed by atoms with Crippen molar-refractivity contribution in [2.24, 2.45) is 0 Å². The molecule has 1 aliphatic heterocycles.